The summed E-state index contributed by atoms with van der Waals surface area (Å²) in [5, 5.41) is 0. The quantitative estimate of drug-likeness (QED) is 0.408. The summed E-state index contributed by atoms with van der Waals surface area (Å²) in [4.78, 5) is 10.3. The Morgan fingerprint density at radius 2 is 2.09 bits per heavy atom. The first-order chi connectivity index (χ1) is 4.74. The van der Waals surface area contributed by atoms with E-state index in [1.165, 1.54) is 0 Å². The van der Waals surface area contributed by atoms with Crippen LogP contribution in [-0.4, -0.2) is 6.29 Å². The summed E-state index contributed by atoms with van der Waals surface area (Å²) in [6.45, 7) is 3.95. The third kappa shape index (κ3) is 2.59. The SMILES string of the molecule is Cc1[c-]cc(C=O)cc1C.[Mo]. The van der Waals surface area contributed by atoms with Crippen LogP contribution in [0.15, 0.2) is 12.1 Å². The molecule has 0 amide bonds. The van der Waals surface area contributed by atoms with Crippen molar-refractivity contribution in [3.8, 4) is 0 Å². The fraction of sp³-hybridized carbons (Fsp3) is 0.222. The number of benzene rings is 1. The average Bonchev–Trinajstić information content (AvgIpc) is 1.95. The molecule has 1 aromatic rings. The Labute approximate surface area is 81.1 Å². The second-order valence-corrected chi connectivity index (χ2v) is 2.36. The molecule has 0 heterocycles. The van der Waals surface area contributed by atoms with E-state index >= 15 is 0 Å². The summed E-state index contributed by atoms with van der Waals surface area (Å²) in [6.07, 6.45) is 0.836. The predicted octanol–water partition coefficient (Wildman–Crippen LogP) is 1.91. The molecular formula is C9H9MoO-. The van der Waals surface area contributed by atoms with Gasteiger partial charge in [0.15, 0.2) is 0 Å². The van der Waals surface area contributed by atoms with Crippen LogP contribution >= 0.6 is 0 Å². The normalized spacial score (nSPS) is 8.55. The molecule has 1 aromatic carbocycles. The van der Waals surface area contributed by atoms with E-state index in [1.54, 1.807) is 6.07 Å². The zero-order chi connectivity index (χ0) is 7.56. The molecular weight excluding hydrogens is 220 g/mol. The van der Waals surface area contributed by atoms with Crippen LogP contribution in [0.4, 0.5) is 0 Å². The van der Waals surface area contributed by atoms with Gasteiger partial charge in [-0.15, -0.1) is 0 Å². The molecule has 2 heteroatoms. The zero-order valence-electron chi connectivity index (χ0n) is 6.55. The van der Waals surface area contributed by atoms with Gasteiger partial charge in [-0.1, -0.05) is 19.4 Å². The molecule has 11 heavy (non-hydrogen) atoms. The Hall–Kier alpha value is -0.422. The predicted molar refractivity (Wildman–Crippen MR) is 40.1 cm³/mol. The number of carbonyl (C=O) groups is 1. The third-order valence-electron chi connectivity index (χ3n) is 1.57. The molecule has 0 fully saturated rings. The smallest absolute Gasteiger partial charge is 0.0950 e. The largest absolute Gasteiger partial charge is 0.312 e. The van der Waals surface area contributed by atoms with Crippen LogP contribution in [0, 0.1) is 19.9 Å². The molecule has 0 aromatic heterocycles. The fourth-order valence-electron chi connectivity index (χ4n) is 0.773. The molecule has 0 aliphatic carbocycles. The average molecular weight is 229 g/mol. The first kappa shape index (κ1) is 10.6. The molecule has 0 N–H and O–H groups in total. The van der Waals surface area contributed by atoms with Gasteiger partial charge in [0, 0.05) is 21.1 Å². The van der Waals surface area contributed by atoms with E-state index in [-0.39, 0.29) is 21.1 Å². The van der Waals surface area contributed by atoms with E-state index < -0.39 is 0 Å². The van der Waals surface area contributed by atoms with E-state index in [4.69, 9.17) is 0 Å². The van der Waals surface area contributed by atoms with Crippen molar-refractivity contribution in [1.82, 2.24) is 0 Å². The van der Waals surface area contributed by atoms with Crippen molar-refractivity contribution in [3.63, 3.8) is 0 Å². The molecule has 0 saturated carbocycles. The van der Waals surface area contributed by atoms with Crippen molar-refractivity contribution in [2.45, 2.75) is 13.8 Å². The number of carbonyl (C=O) groups excluding carboxylic acids is 1. The standard InChI is InChI=1S/C9H9O.Mo/c1-7-3-4-9(6-10)5-8(7)2;/h4-6H,1-2H3;/q-1;. The second kappa shape index (κ2) is 4.46. The van der Waals surface area contributed by atoms with Crippen molar-refractivity contribution >= 4 is 6.29 Å². The number of aldehydes is 1. The Balaban J connectivity index is 0.000001000. The van der Waals surface area contributed by atoms with Crippen LogP contribution in [0.5, 0.6) is 0 Å². The molecule has 0 bridgehead atoms. The minimum Gasteiger partial charge on any atom is -0.312 e. The number of rotatable bonds is 1. The molecule has 1 rings (SSSR count). The van der Waals surface area contributed by atoms with E-state index in [2.05, 4.69) is 6.07 Å². The molecule has 0 unspecified atom stereocenters. The summed E-state index contributed by atoms with van der Waals surface area (Å²) in [7, 11) is 0. The van der Waals surface area contributed by atoms with E-state index in [9.17, 15) is 4.79 Å². The van der Waals surface area contributed by atoms with E-state index in [1.807, 2.05) is 19.9 Å². The number of hydrogen-bond donors (Lipinski definition) is 0. The Morgan fingerprint density at radius 1 is 1.45 bits per heavy atom. The van der Waals surface area contributed by atoms with Crippen molar-refractivity contribution in [2.24, 2.45) is 0 Å². The minimum atomic E-state index is 0. The van der Waals surface area contributed by atoms with Gasteiger partial charge < -0.3 is 4.79 Å². The molecule has 0 aliphatic heterocycles. The van der Waals surface area contributed by atoms with Crippen molar-refractivity contribution < 1.29 is 25.9 Å². The van der Waals surface area contributed by atoms with Gasteiger partial charge in [-0.05, 0) is 0 Å². The molecule has 0 radical (unpaired) electrons. The van der Waals surface area contributed by atoms with Crippen LogP contribution in [0.3, 0.4) is 0 Å². The maximum atomic E-state index is 10.3. The Kier molecular flexibility index (Phi) is 4.28. The zero-order valence-corrected chi connectivity index (χ0v) is 8.56. The van der Waals surface area contributed by atoms with Crippen LogP contribution in [0.1, 0.15) is 21.5 Å². The van der Waals surface area contributed by atoms with E-state index in [0.717, 1.165) is 17.4 Å². The third-order valence-corrected chi connectivity index (χ3v) is 1.57. The van der Waals surface area contributed by atoms with Gasteiger partial charge in [0.1, 0.15) is 0 Å². The van der Waals surface area contributed by atoms with Crippen LogP contribution in [0.25, 0.3) is 0 Å². The van der Waals surface area contributed by atoms with Crippen molar-refractivity contribution in [3.05, 3.63) is 34.9 Å². The summed E-state index contributed by atoms with van der Waals surface area (Å²) >= 11 is 0. The Morgan fingerprint density at radius 3 is 2.55 bits per heavy atom. The molecule has 58 valence electrons. The molecule has 1 nitrogen and oxygen atoms in total. The van der Waals surface area contributed by atoms with Crippen molar-refractivity contribution in [2.75, 3.05) is 0 Å². The summed E-state index contributed by atoms with van der Waals surface area (Å²) < 4.78 is 0. The summed E-state index contributed by atoms with van der Waals surface area (Å²) in [5.74, 6) is 0. The molecule has 0 aliphatic rings. The minimum absolute atomic E-state index is 0. The first-order valence-corrected chi connectivity index (χ1v) is 3.18. The monoisotopic (exact) mass is 231 g/mol. The number of hydrogen-bond acceptors (Lipinski definition) is 1. The molecule has 0 spiro atoms. The van der Waals surface area contributed by atoms with Crippen LogP contribution in [0.2, 0.25) is 0 Å². The molecule has 0 saturated heterocycles. The van der Waals surface area contributed by atoms with Gasteiger partial charge >= 0.3 is 0 Å². The fourth-order valence-corrected chi connectivity index (χ4v) is 0.773. The second-order valence-electron chi connectivity index (χ2n) is 2.36. The van der Waals surface area contributed by atoms with Gasteiger partial charge in [0.05, 0.1) is 6.29 Å². The van der Waals surface area contributed by atoms with E-state index in [0.29, 0.717) is 5.56 Å². The van der Waals surface area contributed by atoms with Gasteiger partial charge in [0.25, 0.3) is 0 Å². The van der Waals surface area contributed by atoms with Crippen LogP contribution < -0.4 is 0 Å². The maximum Gasteiger partial charge on any atom is 0.0950 e. The Bertz CT molecular complexity index is 256. The maximum absolute atomic E-state index is 10.3. The van der Waals surface area contributed by atoms with Gasteiger partial charge in [-0.2, -0.15) is 29.3 Å². The first-order valence-electron chi connectivity index (χ1n) is 3.18. The molecule has 0 atom stereocenters. The topological polar surface area (TPSA) is 17.1 Å². The van der Waals surface area contributed by atoms with Crippen molar-refractivity contribution in [1.29, 1.82) is 0 Å². The van der Waals surface area contributed by atoms with Crippen LogP contribution in [-0.2, 0) is 21.1 Å². The van der Waals surface area contributed by atoms with Gasteiger partial charge in [0.2, 0.25) is 0 Å². The van der Waals surface area contributed by atoms with Gasteiger partial charge in [-0.25, -0.2) is 0 Å². The summed E-state index contributed by atoms with van der Waals surface area (Å²) in [5.41, 5.74) is 2.92. The van der Waals surface area contributed by atoms with Gasteiger partial charge in [-0.3, -0.25) is 0 Å². The number of aryl methyl sites for hydroxylation is 2. The summed E-state index contributed by atoms with van der Waals surface area (Å²) in [6, 6.07) is 6.55.